The molecule has 2 aliphatic heterocycles. The van der Waals surface area contributed by atoms with Gasteiger partial charge >= 0.3 is 0 Å². The van der Waals surface area contributed by atoms with Crippen molar-refractivity contribution in [2.45, 2.75) is 85.1 Å². The van der Waals surface area contributed by atoms with Gasteiger partial charge in [0.05, 0.1) is 0 Å². The predicted octanol–water partition coefficient (Wildman–Crippen LogP) is 11.6. The minimum atomic E-state index is -2.97. The number of fused-ring (bicyclic) bond motifs is 4. The average molecular weight is 698 g/mol. The first-order valence-corrected chi connectivity index (χ1v) is 17.3. The maximum Gasteiger partial charge on any atom is 0.256 e. The number of rotatable bonds is 3. The van der Waals surface area contributed by atoms with Crippen molar-refractivity contribution >= 4 is 40.2 Å². The monoisotopic (exact) mass is 698 g/mol. The van der Waals surface area contributed by atoms with Crippen LogP contribution in [-0.4, -0.2) is 6.71 Å². The molecule has 2 aliphatic rings. The second kappa shape index (κ2) is 12.0. The van der Waals surface area contributed by atoms with Crippen LogP contribution < -0.4 is 26.0 Å². The van der Waals surface area contributed by atoms with Gasteiger partial charge in [-0.25, -0.2) is 0 Å². The lowest BCUT2D eigenvalue weighted by Gasteiger charge is -2.41. The molecule has 3 heteroatoms. The first-order chi connectivity index (χ1) is 32.0. The molecule has 0 atom stereocenters. The Bertz CT molecular complexity index is 2950. The molecule has 0 aromatic heterocycles. The fraction of sp³-hybridized carbons (Fsp3) is 0.265. The van der Waals surface area contributed by atoms with Gasteiger partial charge in [-0.3, -0.25) is 0 Å². The summed E-state index contributed by atoms with van der Waals surface area (Å²) in [6.45, 7) is -11.5. The largest absolute Gasteiger partial charge is 0.458 e. The van der Waals surface area contributed by atoms with Gasteiger partial charge in [-0.05, 0) is 120 Å². The number of aryl methyl sites for hydroxylation is 1. The summed E-state index contributed by atoms with van der Waals surface area (Å²) in [6.07, 6.45) is 0. The predicted molar refractivity (Wildman–Crippen MR) is 224 cm³/mol. The van der Waals surface area contributed by atoms with Crippen LogP contribution in [0.2, 0.25) is 0 Å². The molecule has 52 heavy (non-hydrogen) atoms. The molecule has 0 saturated heterocycles. The number of ether oxygens (including phenoxy) is 1. The van der Waals surface area contributed by atoms with Gasteiger partial charge in [-0.2, -0.15) is 0 Å². The summed E-state index contributed by atoms with van der Waals surface area (Å²) in [5, 5.41) is 0. The van der Waals surface area contributed by atoms with E-state index in [0.717, 1.165) is 11.1 Å². The summed E-state index contributed by atoms with van der Waals surface area (Å²) < 4.78 is 156. The van der Waals surface area contributed by atoms with Crippen LogP contribution in [0.3, 0.4) is 0 Å². The van der Waals surface area contributed by atoms with Crippen molar-refractivity contribution in [3.63, 3.8) is 0 Å². The highest BCUT2D eigenvalue weighted by atomic mass is 16.5. The van der Waals surface area contributed by atoms with Crippen molar-refractivity contribution in [1.82, 2.24) is 0 Å². The van der Waals surface area contributed by atoms with Gasteiger partial charge in [0, 0.05) is 41.7 Å². The Morgan fingerprint density at radius 2 is 1.06 bits per heavy atom. The van der Waals surface area contributed by atoms with Crippen molar-refractivity contribution in [3.05, 3.63) is 144 Å². The highest BCUT2D eigenvalue weighted by Gasteiger charge is 2.42. The number of nitrogens with zero attached hydrogens (tertiary/aromatic N) is 1. The third-order valence-electron chi connectivity index (χ3n) is 10.2. The van der Waals surface area contributed by atoms with Crippen molar-refractivity contribution in [3.8, 4) is 33.8 Å². The lowest BCUT2D eigenvalue weighted by atomic mass is 9.34. The minimum Gasteiger partial charge on any atom is -0.458 e. The Morgan fingerprint density at radius 3 is 1.69 bits per heavy atom. The number of anilines is 3. The van der Waals surface area contributed by atoms with Crippen LogP contribution in [0.25, 0.3) is 22.3 Å². The van der Waals surface area contributed by atoms with E-state index in [9.17, 15) is 0 Å². The lowest BCUT2D eigenvalue weighted by Crippen LogP contribution is -2.59. The maximum atomic E-state index is 8.52. The quantitative estimate of drug-likeness (QED) is 0.170. The zero-order chi connectivity index (χ0) is 51.7. The minimum absolute atomic E-state index is 0.0135. The molecule has 0 saturated carbocycles. The standard InChI is InChI=1S/C49H50BNO/c1-31-27-43-46-45(28-31)52-44-26-22-38(49(8,9)10)30-41(44)50(46)40-29-35(34-13-20-37(21-14-34)48(5,6)7)17-25-42(40)51(43)39-23-15-33(16-24-39)32-11-18-36(19-12-32)47(2,3)4/h11-30H,1-10H3/i1D3,2D3,5D3,6D3,8D3,9D3. The van der Waals surface area contributed by atoms with Crippen molar-refractivity contribution in [1.29, 1.82) is 0 Å². The summed E-state index contributed by atoms with van der Waals surface area (Å²) in [6, 6.07) is 34.3. The second-order valence-electron chi connectivity index (χ2n) is 14.9. The van der Waals surface area contributed by atoms with E-state index < -0.39 is 64.1 Å². The molecular formula is C49H50BNO. The van der Waals surface area contributed by atoms with E-state index in [1.54, 1.807) is 50.2 Å². The van der Waals surface area contributed by atoms with Crippen LogP contribution in [0.4, 0.5) is 17.1 Å². The molecule has 0 radical (unpaired) electrons. The fourth-order valence-corrected chi connectivity index (χ4v) is 7.40. The second-order valence-corrected chi connectivity index (χ2v) is 14.9. The first-order valence-electron chi connectivity index (χ1n) is 26.3. The van der Waals surface area contributed by atoms with E-state index in [1.807, 2.05) is 59.5 Å². The maximum absolute atomic E-state index is 8.52. The lowest BCUT2D eigenvalue weighted by molar-refractivity contribution is 0.486. The van der Waals surface area contributed by atoms with Crippen molar-refractivity contribution in [2.24, 2.45) is 0 Å². The van der Waals surface area contributed by atoms with Gasteiger partial charge in [0.25, 0.3) is 6.71 Å². The van der Waals surface area contributed by atoms with Crippen molar-refractivity contribution in [2.75, 3.05) is 4.90 Å². The molecule has 8 rings (SSSR count). The van der Waals surface area contributed by atoms with Gasteiger partial charge in [0.1, 0.15) is 11.5 Å². The zero-order valence-corrected chi connectivity index (χ0v) is 29.5. The average Bonchev–Trinajstić information content (AvgIpc) is 3.26. The Morgan fingerprint density at radius 1 is 0.500 bits per heavy atom. The number of hydrogen-bond acceptors (Lipinski definition) is 2. The Hall–Kier alpha value is -5.02. The highest BCUT2D eigenvalue weighted by Crippen LogP contribution is 2.43. The highest BCUT2D eigenvalue weighted by molar-refractivity contribution is 6.99. The van der Waals surface area contributed by atoms with Crippen LogP contribution in [0.1, 0.15) is 109 Å². The molecule has 0 spiro atoms. The normalized spacial score (nSPS) is 20.2. The van der Waals surface area contributed by atoms with Crippen LogP contribution >= 0.6 is 0 Å². The molecule has 2 heterocycles. The third-order valence-corrected chi connectivity index (χ3v) is 10.2. The summed E-state index contributed by atoms with van der Waals surface area (Å²) >= 11 is 0. The summed E-state index contributed by atoms with van der Waals surface area (Å²) in [5.41, 5.74) is 1.35. The summed E-state index contributed by atoms with van der Waals surface area (Å²) in [5.74, 6) is 0.479. The summed E-state index contributed by atoms with van der Waals surface area (Å²) in [4.78, 5) is 1.91. The van der Waals surface area contributed by atoms with Crippen LogP contribution in [0.5, 0.6) is 11.5 Å². The van der Waals surface area contributed by atoms with E-state index in [4.69, 9.17) is 29.4 Å². The number of benzene rings is 6. The Balaban J connectivity index is 1.35. The smallest absolute Gasteiger partial charge is 0.256 e. The summed E-state index contributed by atoms with van der Waals surface area (Å²) in [7, 11) is 0. The van der Waals surface area contributed by atoms with Crippen molar-refractivity contribution < 1.29 is 29.4 Å². The van der Waals surface area contributed by atoms with E-state index in [-0.39, 0.29) is 28.2 Å². The fourth-order valence-electron chi connectivity index (χ4n) is 7.40. The SMILES string of the molecule is [2H]C([2H])([2H])c1cc2c3c(c1)N(c1ccc(-c4ccc(C(C)(C)C([2H])([2H])[2H])cc4)cc1)c1ccc(-c4ccc(C(C)(C([2H])([2H])[2H])C([2H])([2H])[2H])cc4)cc1B3c1cc(C(C)(C([2H])([2H])[2H])C([2H])([2H])[2H])ccc1O2. The molecule has 2 nitrogen and oxygen atoms in total. The van der Waals surface area contributed by atoms with Crippen LogP contribution in [0, 0.1) is 6.85 Å². The molecule has 0 bridgehead atoms. The molecule has 260 valence electrons. The van der Waals surface area contributed by atoms with E-state index in [2.05, 4.69) is 0 Å². The zero-order valence-electron chi connectivity index (χ0n) is 47.5. The van der Waals surface area contributed by atoms with E-state index >= 15 is 0 Å². The molecular weight excluding hydrogens is 629 g/mol. The first kappa shape index (κ1) is 19.2. The molecule has 6 aromatic rings. The third kappa shape index (κ3) is 5.95. The topological polar surface area (TPSA) is 12.5 Å². The molecule has 6 aromatic carbocycles. The van der Waals surface area contributed by atoms with Crippen LogP contribution in [0.15, 0.2) is 121 Å². The van der Waals surface area contributed by atoms with E-state index in [0.29, 0.717) is 50.1 Å². The molecule has 0 aliphatic carbocycles. The van der Waals surface area contributed by atoms with E-state index in [1.165, 1.54) is 44.2 Å². The Labute approximate surface area is 336 Å². The van der Waals surface area contributed by atoms with Gasteiger partial charge < -0.3 is 9.64 Å². The molecule has 0 amide bonds. The van der Waals surface area contributed by atoms with Gasteiger partial charge in [-0.1, -0.05) is 147 Å². The Kier molecular flexibility index (Phi) is 4.43. The van der Waals surface area contributed by atoms with Crippen LogP contribution in [-0.2, 0) is 16.2 Å². The molecule has 0 fully saturated rings. The molecule has 0 N–H and O–H groups in total. The number of hydrogen-bond donors (Lipinski definition) is 0. The van der Waals surface area contributed by atoms with Gasteiger partial charge in [-0.15, -0.1) is 0 Å². The van der Waals surface area contributed by atoms with Gasteiger partial charge in [0.2, 0.25) is 0 Å². The molecule has 0 unspecified atom stereocenters. The van der Waals surface area contributed by atoms with Gasteiger partial charge in [0.15, 0.2) is 0 Å².